The molecule has 26 heavy (non-hydrogen) atoms. The molecule has 0 aromatic heterocycles. The van der Waals surface area contributed by atoms with E-state index < -0.39 is 0 Å². The fourth-order valence-electron chi connectivity index (χ4n) is 4.33. The lowest BCUT2D eigenvalue weighted by atomic mass is 9.85. The Morgan fingerprint density at radius 2 is 1.92 bits per heavy atom. The number of nitrogens with one attached hydrogen (secondary N) is 1. The average molecular weight is 379 g/mol. The smallest absolute Gasteiger partial charge is 0.239 e. The zero-order valence-corrected chi connectivity index (χ0v) is 17.0. The Bertz CT molecular complexity index is 638. The molecule has 0 bridgehead atoms. The number of rotatable bonds is 6. The summed E-state index contributed by atoms with van der Waals surface area (Å²) in [5.41, 5.74) is 1.08. The van der Waals surface area contributed by atoms with Crippen LogP contribution >= 0.6 is 11.8 Å². The molecule has 144 valence electrons. The molecule has 1 saturated heterocycles. The molecule has 6 heteroatoms. The summed E-state index contributed by atoms with van der Waals surface area (Å²) < 4.78 is 10.8. The molecule has 1 heterocycles. The number of hydrogen-bond acceptors (Lipinski definition) is 5. The summed E-state index contributed by atoms with van der Waals surface area (Å²) in [5, 5.41) is 3.59. The van der Waals surface area contributed by atoms with Gasteiger partial charge in [0.2, 0.25) is 5.91 Å². The molecule has 1 amide bonds. The van der Waals surface area contributed by atoms with Gasteiger partial charge in [0.1, 0.15) is 0 Å². The molecule has 1 saturated carbocycles. The zero-order valence-electron chi connectivity index (χ0n) is 16.2. The Hall–Kier alpha value is -1.40. The predicted molar refractivity (Wildman–Crippen MR) is 105 cm³/mol. The van der Waals surface area contributed by atoms with Crippen LogP contribution in [0.2, 0.25) is 0 Å². The van der Waals surface area contributed by atoms with E-state index in [2.05, 4.69) is 5.32 Å². The van der Waals surface area contributed by atoms with Gasteiger partial charge in [-0.2, -0.15) is 0 Å². The van der Waals surface area contributed by atoms with Gasteiger partial charge in [0.15, 0.2) is 11.5 Å². The average Bonchev–Trinajstić information content (AvgIpc) is 3.11. The number of thioether (sulfide) groups is 1. The molecule has 1 aromatic rings. The summed E-state index contributed by atoms with van der Waals surface area (Å²) in [6.45, 7) is 0.572. The topological polar surface area (TPSA) is 50.8 Å². The molecule has 0 radical (unpaired) electrons. The second-order valence-corrected chi connectivity index (χ2v) is 8.17. The predicted octanol–water partition coefficient (Wildman–Crippen LogP) is 3.30. The van der Waals surface area contributed by atoms with Crippen LogP contribution in [0.25, 0.3) is 0 Å². The minimum Gasteiger partial charge on any atom is -0.493 e. The molecule has 3 rings (SSSR count). The van der Waals surface area contributed by atoms with Crippen molar-refractivity contribution in [1.29, 1.82) is 0 Å². The molecule has 2 aliphatic rings. The van der Waals surface area contributed by atoms with Crippen molar-refractivity contribution in [2.45, 2.75) is 55.6 Å². The normalized spacial score (nSPS) is 24.8. The molecule has 0 spiro atoms. The monoisotopic (exact) mass is 378 g/mol. The van der Waals surface area contributed by atoms with Crippen LogP contribution in [0.1, 0.15) is 37.7 Å². The number of methoxy groups -OCH3 is 2. The molecule has 1 aliphatic heterocycles. The van der Waals surface area contributed by atoms with Crippen molar-refractivity contribution in [3.63, 3.8) is 0 Å². The van der Waals surface area contributed by atoms with Crippen molar-refractivity contribution in [2.75, 3.05) is 27.5 Å². The van der Waals surface area contributed by atoms with Gasteiger partial charge < -0.3 is 19.7 Å². The number of benzene rings is 1. The van der Waals surface area contributed by atoms with Gasteiger partial charge in [0.25, 0.3) is 0 Å². The molecule has 1 aromatic carbocycles. The third kappa shape index (κ3) is 3.96. The standard InChI is InChI=1S/C20H30N2O3S/c1-22(20(23)16-9-13-7-5-6-8-15(13)21-16)12-14-10-17(24-2)18(25-3)11-19(14)26-4/h10-11,13,15-16,21H,5-9,12H2,1-4H3. The summed E-state index contributed by atoms with van der Waals surface area (Å²) in [7, 11) is 5.18. The fourth-order valence-corrected chi connectivity index (χ4v) is 4.94. The Kier molecular flexibility index (Phi) is 6.35. The first kappa shape index (κ1) is 19.4. The first-order valence-corrected chi connectivity index (χ1v) is 10.6. The van der Waals surface area contributed by atoms with Crippen molar-refractivity contribution >= 4 is 17.7 Å². The highest BCUT2D eigenvalue weighted by Gasteiger charge is 2.39. The minimum absolute atomic E-state index is 0.0361. The first-order valence-electron chi connectivity index (χ1n) is 9.37. The van der Waals surface area contributed by atoms with Crippen LogP contribution in [-0.2, 0) is 11.3 Å². The summed E-state index contributed by atoms with van der Waals surface area (Å²) in [5.74, 6) is 2.29. The third-order valence-corrected chi connectivity index (χ3v) is 6.55. The summed E-state index contributed by atoms with van der Waals surface area (Å²) >= 11 is 1.66. The number of carbonyl (C=O) groups is 1. The first-order chi connectivity index (χ1) is 12.6. The van der Waals surface area contributed by atoms with E-state index in [-0.39, 0.29) is 11.9 Å². The van der Waals surface area contributed by atoms with Gasteiger partial charge in [-0.3, -0.25) is 4.79 Å². The highest BCUT2D eigenvalue weighted by Crippen LogP contribution is 2.36. The number of amides is 1. The van der Waals surface area contributed by atoms with E-state index in [0.29, 0.717) is 24.3 Å². The van der Waals surface area contributed by atoms with Gasteiger partial charge in [0.05, 0.1) is 20.3 Å². The Morgan fingerprint density at radius 3 is 2.58 bits per heavy atom. The Labute approximate surface area is 160 Å². The van der Waals surface area contributed by atoms with E-state index in [1.165, 1.54) is 25.7 Å². The lowest BCUT2D eigenvalue weighted by Crippen LogP contribution is -2.43. The third-order valence-electron chi connectivity index (χ3n) is 5.73. The van der Waals surface area contributed by atoms with Crippen LogP contribution < -0.4 is 14.8 Å². The van der Waals surface area contributed by atoms with Gasteiger partial charge in [-0.15, -0.1) is 11.8 Å². The number of likely N-dealkylation sites (N-methyl/N-ethyl adjacent to an activating group) is 1. The molecule has 3 atom stereocenters. The van der Waals surface area contributed by atoms with Crippen molar-refractivity contribution in [3.8, 4) is 11.5 Å². The van der Waals surface area contributed by atoms with E-state index >= 15 is 0 Å². The van der Waals surface area contributed by atoms with Crippen LogP contribution in [0, 0.1) is 5.92 Å². The highest BCUT2D eigenvalue weighted by atomic mass is 32.2. The van der Waals surface area contributed by atoms with Crippen molar-refractivity contribution in [1.82, 2.24) is 10.2 Å². The second-order valence-electron chi connectivity index (χ2n) is 7.32. The molecular weight excluding hydrogens is 348 g/mol. The van der Waals surface area contributed by atoms with E-state index in [4.69, 9.17) is 9.47 Å². The highest BCUT2D eigenvalue weighted by molar-refractivity contribution is 7.98. The molecule has 2 fully saturated rings. The summed E-state index contributed by atoms with van der Waals surface area (Å²) in [6, 6.07) is 4.47. The number of carbonyl (C=O) groups excluding carboxylic acids is 1. The van der Waals surface area contributed by atoms with E-state index in [1.807, 2.05) is 30.3 Å². The number of hydrogen-bond donors (Lipinski definition) is 1. The van der Waals surface area contributed by atoms with E-state index in [0.717, 1.165) is 22.6 Å². The zero-order chi connectivity index (χ0) is 18.7. The molecule has 3 unspecified atom stereocenters. The summed E-state index contributed by atoms with van der Waals surface area (Å²) in [4.78, 5) is 15.9. The lowest BCUT2D eigenvalue weighted by molar-refractivity contribution is -0.132. The van der Waals surface area contributed by atoms with Crippen LogP contribution in [0.5, 0.6) is 11.5 Å². The maximum Gasteiger partial charge on any atom is 0.239 e. The van der Waals surface area contributed by atoms with Crippen LogP contribution in [-0.4, -0.2) is 50.4 Å². The Balaban J connectivity index is 1.71. The van der Waals surface area contributed by atoms with Crippen molar-refractivity contribution < 1.29 is 14.3 Å². The lowest BCUT2D eigenvalue weighted by Gasteiger charge is -2.24. The maximum absolute atomic E-state index is 13.0. The van der Waals surface area contributed by atoms with Gasteiger partial charge in [-0.1, -0.05) is 12.8 Å². The largest absolute Gasteiger partial charge is 0.493 e. The number of ether oxygens (including phenoxy) is 2. The van der Waals surface area contributed by atoms with E-state index in [9.17, 15) is 4.79 Å². The van der Waals surface area contributed by atoms with Crippen LogP contribution in [0.15, 0.2) is 17.0 Å². The molecular formula is C20H30N2O3S. The maximum atomic E-state index is 13.0. The van der Waals surface area contributed by atoms with E-state index in [1.54, 1.807) is 26.0 Å². The SMILES string of the molecule is COc1cc(CN(C)C(=O)C2CC3CCCCC3N2)c(SC)cc1OC. The van der Waals surface area contributed by atoms with Gasteiger partial charge in [-0.25, -0.2) is 0 Å². The molecule has 1 N–H and O–H groups in total. The van der Waals surface area contributed by atoms with Gasteiger partial charge in [-0.05, 0) is 49.1 Å². The van der Waals surface area contributed by atoms with Crippen molar-refractivity contribution in [3.05, 3.63) is 17.7 Å². The number of fused-ring (bicyclic) bond motifs is 1. The van der Waals surface area contributed by atoms with Gasteiger partial charge >= 0.3 is 0 Å². The Morgan fingerprint density at radius 1 is 1.23 bits per heavy atom. The minimum atomic E-state index is -0.0361. The quantitative estimate of drug-likeness (QED) is 0.770. The fraction of sp³-hybridized carbons (Fsp3) is 0.650. The van der Waals surface area contributed by atoms with Crippen LogP contribution in [0.3, 0.4) is 0 Å². The van der Waals surface area contributed by atoms with Gasteiger partial charge in [0, 0.05) is 24.5 Å². The van der Waals surface area contributed by atoms with Crippen LogP contribution in [0.4, 0.5) is 0 Å². The number of nitrogens with zero attached hydrogens (tertiary/aromatic N) is 1. The van der Waals surface area contributed by atoms with Crippen molar-refractivity contribution in [2.24, 2.45) is 5.92 Å². The summed E-state index contributed by atoms with van der Waals surface area (Å²) in [6.07, 6.45) is 8.09. The molecule has 1 aliphatic carbocycles. The molecule has 5 nitrogen and oxygen atoms in total. The second kappa shape index (κ2) is 8.53.